The van der Waals surface area contributed by atoms with Crippen LogP contribution in [0.2, 0.25) is 0 Å². The zero-order valence-corrected chi connectivity index (χ0v) is 13.0. The molecule has 0 saturated carbocycles. The molecule has 2 aliphatic rings. The summed E-state index contributed by atoms with van der Waals surface area (Å²) in [5.74, 6) is -0.645. The number of hydrogen-bond acceptors (Lipinski definition) is 5. The van der Waals surface area contributed by atoms with E-state index < -0.39 is 16.0 Å². The van der Waals surface area contributed by atoms with Crippen molar-refractivity contribution in [1.82, 2.24) is 9.62 Å². The Labute approximate surface area is 125 Å². The summed E-state index contributed by atoms with van der Waals surface area (Å²) in [5.41, 5.74) is 0. The highest BCUT2D eigenvalue weighted by atomic mass is 32.2. The van der Waals surface area contributed by atoms with Crippen molar-refractivity contribution in [2.45, 2.75) is 31.8 Å². The summed E-state index contributed by atoms with van der Waals surface area (Å²) in [7, 11) is -3.28. The van der Waals surface area contributed by atoms with E-state index in [2.05, 4.69) is 5.32 Å². The summed E-state index contributed by atoms with van der Waals surface area (Å²) in [6.45, 7) is 2.14. The lowest BCUT2D eigenvalue weighted by atomic mass is 10.00. The van der Waals surface area contributed by atoms with Crippen LogP contribution in [0, 0.1) is 5.92 Å². The molecule has 2 aliphatic heterocycles. The molecule has 122 valence electrons. The monoisotopic (exact) mass is 320 g/mol. The smallest absolute Gasteiger partial charge is 0.317 e. The minimum Gasteiger partial charge on any atom is -0.480 e. The Kier molecular flexibility index (Phi) is 5.98. The molecule has 2 atom stereocenters. The third-order valence-electron chi connectivity index (χ3n) is 4.00. The Hall–Kier alpha value is -0.700. The van der Waals surface area contributed by atoms with Crippen LogP contribution in [-0.2, 0) is 19.6 Å². The first-order chi connectivity index (χ1) is 9.97. The number of piperidine rings is 1. The molecule has 0 aromatic carbocycles. The number of nitrogens with zero attached hydrogens (tertiary/aromatic N) is 1. The van der Waals surface area contributed by atoms with Gasteiger partial charge in [0.2, 0.25) is 10.0 Å². The van der Waals surface area contributed by atoms with Crippen molar-refractivity contribution in [3.8, 4) is 0 Å². The highest BCUT2D eigenvalue weighted by Gasteiger charge is 2.32. The minimum absolute atomic E-state index is 0.0717. The van der Waals surface area contributed by atoms with Crippen LogP contribution in [0.5, 0.6) is 0 Å². The summed E-state index contributed by atoms with van der Waals surface area (Å²) in [5, 5.41) is 11.5. The van der Waals surface area contributed by atoms with Gasteiger partial charge in [0.25, 0.3) is 0 Å². The second kappa shape index (κ2) is 7.53. The van der Waals surface area contributed by atoms with Crippen molar-refractivity contribution in [3.05, 3.63) is 0 Å². The van der Waals surface area contributed by atoms with E-state index in [0.29, 0.717) is 26.2 Å². The molecule has 0 amide bonds. The van der Waals surface area contributed by atoms with Crippen molar-refractivity contribution in [2.24, 2.45) is 5.92 Å². The predicted molar refractivity (Wildman–Crippen MR) is 77.6 cm³/mol. The topological polar surface area (TPSA) is 95.9 Å². The summed E-state index contributed by atoms with van der Waals surface area (Å²) in [4.78, 5) is 10.5. The van der Waals surface area contributed by atoms with Gasteiger partial charge in [0.05, 0.1) is 18.4 Å². The number of carboxylic acids is 1. The van der Waals surface area contributed by atoms with Gasteiger partial charge < -0.3 is 15.2 Å². The van der Waals surface area contributed by atoms with Crippen LogP contribution in [0.3, 0.4) is 0 Å². The average molecular weight is 320 g/mol. The normalized spacial score (nSPS) is 27.8. The van der Waals surface area contributed by atoms with E-state index in [1.165, 1.54) is 0 Å². The Morgan fingerprint density at radius 3 is 2.81 bits per heavy atom. The second-order valence-corrected chi connectivity index (χ2v) is 7.82. The quantitative estimate of drug-likeness (QED) is 0.679. The largest absolute Gasteiger partial charge is 0.480 e. The van der Waals surface area contributed by atoms with Gasteiger partial charge in [-0.25, -0.2) is 12.7 Å². The molecule has 0 bridgehead atoms. The molecule has 7 nitrogen and oxygen atoms in total. The first-order valence-electron chi connectivity index (χ1n) is 7.49. The molecule has 0 spiro atoms. The average Bonchev–Trinajstić information content (AvgIpc) is 2.91. The van der Waals surface area contributed by atoms with Crippen molar-refractivity contribution >= 4 is 16.0 Å². The highest BCUT2D eigenvalue weighted by Crippen LogP contribution is 2.22. The Balaban J connectivity index is 1.82. The maximum atomic E-state index is 12.4. The van der Waals surface area contributed by atoms with Crippen LogP contribution >= 0.6 is 0 Å². The SMILES string of the molecule is O=C(O)CNCC1CCCN(S(=O)(=O)CC2CCCO2)C1. The van der Waals surface area contributed by atoms with Crippen LogP contribution in [0.1, 0.15) is 25.7 Å². The fourth-order valence-electron chi connectivity index (χ4n) is 2.95. The van der Waals surface area contributed by atoms with Gasteiger partial charge >= 0.3 is 5.97 Å². The lowest BCUT2D eigenvalue weighted by Gasteiger charge is -2.32. The Bertz CT molecular complexity index is 447. The predicted octanol–water partition coefficient (Wildman–Crippen LogP) is -0.119. The van der Waals surface area contributed by atoms with Gasteiger partial charge in [0, 0.05) is 19.7 Å². The van der Waals surface area contributed by atoms with Crippen molar-refractivity contribution in [1.29, 1.82) is 0 Å². The van der Waals surface area contributed by atoms with Gasteiger partial charge in [0.15, 0.2) is 0 Å². The fraction of sp³-hybridized carbons (Fsp3) is 0.923. The minimum atomic E-state index is -3.28. The van der Waals surface area contributed by atoms with E-state index in [1.807, 2.05) is 0 Å². The van der Waals surface area contributed by atoms with Gasteiger partial charge in [0.1, 0.15) is 0 Å². The molecule has 21 heavy (non-hydrogen) atoms. The molecule has 8 heteroatoms. The van der Waals surface area contributed by atoms with E-state index >= 15 is 0 Å². The fourth-order valence-corrected chi connectivity index (χ4v) is 4.73. The number of aliphatic carboxylic acids is 1. The molecule has 0 aliphatic carbocycles. The van der Waals surface area contributed by atoms with Crippen LogP contribution in [0.25, 0.3) is 0 Å². The third-order valence-corrected chi connectivity index (χ3v) is 5.92. The molecule has 2 heterocycles. The zero-order valence-electron chi connectivity index (χ0n) is 12.2. The summed E-state index contributed by atoms with van der Waals surface area (Å²) < 4.78 is 31.8. The molecule has 2 rings (SSSR count). The van der Waals surface area contributed by atoms with Crippen LogP contribution in [0.15, 0.2) is 0 Å². The second-order valence-electron chi connectivity index (χ2n) is 5.80. The molecule has 0 radical (unpaired) electrons. The summed E-state index contributed by atoms with van der Waals surface area (Å²) in [6, 6.07) is 0. The lowest BCUT2D eigenvalue weighted by Crippen LogP contribution is -2.45. The van der Waals surface area contributed by atoms with E-state index in [9.17, 15) is 13.2 Å². The first kappa shape index (κ1) is 16.7. The van der Waals surface area contributed by atoms with Crippen molar-refractivity contribution < 1.29 is 23.1 Å². The number of carboxylic acid groups (broad SMARTS) is 1. The van der Waals surface area contributed by atoms with Crippen LogP contribution in [0.4, 0.5) is 0 Å². The van der Waals surface area contributed by atoms with Gasteiger partial charge in [-0.2, -0.15) is 0 Å². The molecule has 2 N–H and O–H groups in total. The molecule has 0 aromatic rings. The van der Waals surface area contributed by atoms with E-state index in [0.717, 1.165) is 25.7 Å². The molecular formula is C13H24N2O5S. The van der Waals surface area contributed by atoms with E-state index in [4.69, 9.17) is 9.84 Å². The Morgan fingerprint density at radius 1 is 1.33 bits per heavy atom. The molecular weight excluding hydrogens is 296 g/mol. The number of ether oxygens (including phenoxy) is 1. The van der Waals surface area contributed by atoms with Gasteiger partial charge in [-0.3, -0.25) is 4.79 Å². The van der Waals surface area contributed by atoms with Crippen molar-refractivity contribution in [2.75, 3.05) is 38.5 Å². The van der Waals surface area contributed by atoms with E-state index in [-0.39, 0.29) is 24.3 Å². The maximum absolute atomic E-state index is 12.4. The van der Waals surface area contributed by atoms with Gasteiger partial charge in [-0.05, 0) is 38.1 Å². The lowest BCUT2D eigenvalue weighted by molar-refractivity contribution is -0.136. The molecule has 2 fully saturated rings. The Morgan fingerprint density at radius 2 is 2.14 bits per heavy atom. The zero-order chi connectivity index (χ0) is 15.3. The van der Waals surface area contributed by atoms with Crippen LogP contribution in [-0.4, -0.2) is 68.4 Å². The standard InChI is InChI=1S/C13H24N2O5S/c16-13(17)8-14-7-11-3-1-5-15(9-11)21(18,19)10-12-4-2-6-20-12/h11-12,14H,1-10H2,(H,16,17). The number of sulfonamides is 1. The summed E-state index contributed by atoms with van der Waals surface area (Å²) >= 11 is 0. The maximum Gasteiger partial charge on any atom is 0.317 e. The van der Waals surface area contributed by atoms with Crippen molar-refractivity contribution in [3.63, 3.8) is 0 Å². The van der Waals surface area contributed by atoms with Gasteiger partial charge in [-0.15, -0.1) is 0 Å². The van der Waals surface area contributed by atoms with Crippen LogP contribution < -0.4 is 5.32 Å². The number of hydrogen-bond donors (Lipinski definition) is 2. The third kappa shape index (κ3) is 5.21. The van der Waals surface area contributed by atoms with Gasteiger partial charge in [-0.1, -0.05) is 0 Å². The molecule has 0 aromatic heterocycles. The number of nitrogens with one attached hydrogen (secondary N) is 1. The summed E-state index contributed by atoms with van der Waals surface area (Å²) in [6.07, 6.45) is 3.34. The molecule has 2 unspecified atom stereocenters. The number of carbonyl (C=O) groups is 1. The van der Waals surface area contributed by atoms with E-state index in [1.54, 1.807) is 4.31 Å². The highest BCUT2D eigenvalue weighted by molar-refractivity contribution is 7.89. The number of rotatable bonds is 7. The molecule has 2 saturated heterocycles. The first-order valence-corrected chi connectivity index (χ1v) is 9.10.